The average Bonchev–Trinajstić information content (AvgIpc) is 3.33. The van der Waals surface area contributed by atoms with Crippen LogP contribution in [-0.2, 0) is 16.1 Å². The highest BCUT2D eigenvalue weighted by molar-refractivity contribution is 5.98. The molecule has 4 aromatic rings. The van der Waals surface area contributed by atoms with Crippen molar-refractivity contribution >= 4 is 17.6 Å². The molecule has 0 aliphatic carbocycles. The maximum Gasteiger partial charge on any atom is 0.339 e. The van der Waals surface area contributed by atoms with Crippen LogP contribution in [0, 0.1) is 6.92 Å². The Morgan fingerprint density at radius 1 is 0.969 bits per heavy atom. The first-order chi connectivity index (χ1) is 15.6. The fourth-order valence-corrected chi connectivity index (χ4v) is 3.17. The molecule has 7 heteroatoms. The number of nitrogens with one attached hydrogen (secondary N) is 1. The van der Waals surface area contributed by atoms with Gasteiger partial charge in [0.25, 0.3) is 5.91 Å². The molecule has 1 atom stereocenters. The summed E-state index contributed by atoms with van der Waals surface area (Å²) in [6.07, 6.45) is 2.01. The van der Waals surface area contributed by atoms with E-state index in [-0.39, 0.29) is 0 Å². The van der Waals surface area contributed by atoms with Crippen LogP contribution in [0.2, 0.25) is 0 Å². The average molecular weight is 426 g/mol. The Kier molecular flexibility index (Phi) is 6.36. The van der Waals surface area contributed by atoms with Crippen molar-refractivity contribution in [2.45, 2.75) is 19.6 Å². The summed E-state index contributed by atoms with van der Waals surface area (Å²) in [6.45, 7) is 2.51. The van der Waals surface area contributed by atoms with Crippen LogP contribution in [0.5, 0.6) is 0 Å². The van der Waals surface area contributed by atoms with Gasteiger partial charge in [-0.05, 0) is 36.8 Å². The van der Waals surface area contributed by atoms with E-state index in [0.717, 1.165) is 11.1 Å². The topological polar surface area (TPSA) is 86.1 Å². The number of hydrogen-bond acceptors (Lipinski definition) is 5. The zero-order valence-electron chi connectivity index (χ0n) is 17.5. The number of aromatic nitrogens is 3. The molecule has 0 spiro atoms. The number of esters is 1. The van der Waals surface area contributed by atoms with Gasteiger partial charge in [0.1, 0.15) is 12.7 Å². The third-order valence-electron chi connectivity index (χ3n) is 4.89. The van der Waals surface area contributed by atoms with E-state index >= 15 is 0 Å². The van der Waals surface area contributed by atoms with Gasteiger partial charge >= 0.3 is 5.97 Å². The minimum absolute atomic E-state index is 0.358. The van der Waals surface area contributed by atoms with E-state index in [9.17, 15) is 9.59 Å². The first kappa shape index (κ1) is 21.0. The molecule has 32 heavy (non-hydrogen) atoms. The lowest BCUT2D eigenvalue weighted by molar-refractivity contribution is -0.125. The zero-order chi connectivity index (χ0) is 22.3. The molecule has 0 fully saturated rings. The summed E-state index contributed by atoms with van der Waals surface area (Å²) >= 11 is 0. The lowest BCUT2D eigenvalue weighted by Crippen LogP contribution is -2.26. The Labute approximate surface area is 185 Å². The molecule has 0 saturated heterocycles. The van der Waals surface area contributed by atoms with Crippen LogP contribution in [0.15, 0.2) is 91.5 Å². The van der Waals surface area contributed by atoms with E-state index in [1.807, 2.05) is 49.4 Å². The van der Waals surface area contributed by atoms with Crippen molar-refractivity contribution in [3.8, 4) is 0 Å². The summed E-state index contributed by atoms with van der Waals surface area (Å²) in [5, 5.41) is 6.90. The largest absolute Gasteiger partial charge is 0.444 e. The third-order valence-corrected chi connectivity index (χ3v) is 4.89. The molecule has 3 aromatic carbocycles. The number of carbonyl (C=O) groups is 2. The monoisotopic (exact) mass is 426 g/mol. The van der Waals surface area contributed by atoms with Gasteiger partial charge in [0.05, 0.1) is 12.1 Å². The molecular formula is C25H22N4O3. The second-order valence-electron chi connectivity index (χ2n) is 7.34. The summed E-state index contributed by atoms with van der Waals surface area (Å²) in [6, 6.07) is 23.4. The van der Waals surface area contributed by atoms with Crippen molar-refractivity contribution in [1.29, 1.82) is 0 Å². The highest BCUT2D eigenvalue weighted by Gasteiger charge is 2.25. The quantitative estimate of drug-likeness (QED) is 0.448. The fraction of sp³-hybridized carbons (Fsp3) is 0.120. The predicted molar refractivity (Wildman–Crippen MR) is 120 cm³/mol. The van der Waals surface area contributed by atoms with Gasteiger partial charge in [-0.15, -0.1) is 0 Å². The molecule has 160 valence electrons. The first-order valence-corrected chi connectivity index (χ1v) is 10.1. The Bertz CT molecular complexity index is 1170. The van der Waals surface area contributed by atoms with Gasteiger partial charge in [-0.3, -0.25) is 4.79 Å². The Balaban J connectivity index is 1.49. The van der Waals surface area contributed by atoms with Crippen LogP contribution in [0.3, 0.4) is 0 Å². The second kappa shape index (κ2) is 9.70. The first-order valence-electron chi connectivity index (χ1n) is 10.1. The maximum absolute atomic E-state index is 13.0. The summed E-state index contributed by atoms with van der Waals surface area (Å²) < 4.78 is 7.34. The third kappa shape index (κ3) is 5.26. The number of carbonyl (C=O) groups excluding carboxylic acids is 2. The van der Waals surface area contributed by atoms with Gasteiger partial charge < -0.3 is 10.1 Å². The van der Waals surface area contributed by atoms with Crippen LogP contribution in [0.4, 0.5) is 5.69 Å². The Hall–Kier alpha value is -4.26. The number of benzene rings is 3. The van der Waals surface area contributed by atoms with Gasteiger partial charge in [-0.1, -0.05) is 60.2 Å². The van der Waals surface area contributed by atoms with Crippen molar-refractivity contribution in [2.75, 3.05) is 5.32 Å². The zero-order valence-corrected chi connectivity index (χ0v) is 17.5. The molecule has 0 radical (unpaired) electrons. The van der Waals surface area contributed by atoms with E-state index in [4.69, 9.17) is 4.74 Å². The normalized spacial score (nSPS) is 11.5. The van der Waals surface area contributed by atoms with Gasteiger partial charge in [-0.2, -0.15) is 5.10 Å². The van der Waals surface area contributed by atoms with Crippen molar-refractivity contribution in [3.63, 3.8) is 0 Å². The summed E-state index contributed by atoms with van der Waals surface area (Å²) in [5.41, 5.74) is 3.63. The Morgan fingerprint density at radius 2 is 1.69 bits per heavy atom. The smallest absolute Gasteiger partial charge is 0.339 e. The summed E-state index contributed by atoms with van der Waals surface area (Å²) in [5.74, 6) is -0.999. The van der Waals surface area contributed by atoms with Crippen LogP contribution >= 0.6 is 0 Å². The number of anilines is 1. The molecule has 7 nitrogen and oxygen atoms in total. The molecule has 1 aromatic heterocycles. The van der Waals surface area contributed by atoms with Crippen LogP contribution < -0.4 is 5.32 Å². The van der Waals surface area contributed by atoms with Crippen LogP contribution in [0.25, 0.3) is 0 Å². The van der Waals surface area contributed by atoms with Crippen LogP contribution in [0.1, 0.15) is 33.2 Å². The number of ether oxygens (including phenoxy) is 1. The molecule has 0 bridgehead atoms. The summed E-state index contributed by atoms with van der Waals surface area (Å²) in [4.78, 5) is 29.7. The van der Waals surface area contributed by atoms with Gasteiger partial charge in [0, 0.05) is 11.3 Å². The highest BCUT2D eigenvalue weighted by atomic mass is 16.5. The van der Waals surface area contributed by atoms with Gasteiger partial charge in [0.2, 0.25) is 6.10 Å². The molecule has 1 amide bonds. The molecule has 1 unspecified atom stereocenters. The summed E-state index contributed by atoms with van der Waals surface area (Å²) in [7, 11) is 0. The standard InChI is InChI=1S/C25H22N4O3/c1-18-7-13-22(14-8-18)28-24(30)23(20-5-3-2-4-6-20)32-25(31)21-11-9-19(10-12-21)15-29-17-26-16-27-29/h2-14,16-17,23H,15H2,1H3,(H,28,30). The maximum atomic E-state index is 13.0. The van der Waals surface area contributed by atoms with Crippen molar-refractivity contribution < 1.29 is 14.3 Å². The minimum Gasteiger partial charge on any atom is -0.444 e. The van der Waals surface area contributed by atoms with Gasteiger partial charge in [-0.25, -0.2) is 14.5 Å². The van der Waals surface area contributed by atoms with E-state index in [1.54, 1.807) is 47.4 Å². The number of nitrogens with zero attached hydrogens (tertiary/aromatic N) is 3. The van der Waals surface area contributed by atoms with Crippen molar-refractivity contribution in [3.05, 3.63) is 114 Å². The highest BCUT2D eigenvalue weighted by Crippen LogP contribution is 2.22. The van der Waals surface area contributed by atoms with Crippen LogP contribution in [-0.4, -0.2) is 26.6 Å². The van der Waals surface area contributed by atoms with Gasteiger partial charge in [0.15, 0.2) is 0 Å². The SMILES string of the molecule is Cc1ccc(NC(=O)C(OC(=O)c2ccc(Cn3cncn3)cc2)c2ccccc2)cc1. The molecule has 1 heterocycles. The molecule has 0 saturated carbocycles. The minimum atomic E-state index is -1.08. The van der Waals surface area contributed by atoms with Crippen molar-refractivity contribution in [2.24, 2.45) is 0 Å². The second-order valence-corrected chi connectivity index (χ2v) is 7.34. The van der Waals surface area contributed by atoms with E-state index in [1.165, 1.54) is 6.33 Å². The van der Waals surface area contributed by atoms with E-state index in [0.29, 0.717) is 23.4 Å². The van der Waals surface area contributed by atoms with E-state index < -0.39 is 18.0 Å². The fourth-order valence-electron chi connectivity index (χ4n) is 3.17. The number of hydrogen-bond donors (Lipinski definition) is 1. The Morgan fingerprint density at radius 3 is 2.34 bits per heavy atom. The lowest BCUT2D eigenvalue weighted by Gasteiger charge is -2.18. The molecule has 1 N–H and O–H groups in total. The number of rotatable bonds is 7. The molecular weight excluding hydrogens is 404 g/mol. The molecule has 4 rings (SSSR count). The molecule has 0 aliphatic heterocycles. The predicted octanol–water partition coefficient (Wildman–Crippen LogP) is 4.17. The van der Waals surface area contributed by atoms with Crippen molar-refractivity contribution in [1.82, 2.24) is 14.8 Å². The van der Waals surface area contributed by atoms with E-state index in [2.05, 4.69) is 15.4 Å². The number of aryl methyl sites for hydroxylation is 1. The molecule has 0 aliphatic rings. The lowest BCUT2D eigenvalue weighted by atomic mass is 10.1. The number of amides is 1.